The van der Waals surface area contributed by atoms with Gasteiger partial charge in [-0.3, -0.25) is 5.41 Å². The Morgan fingerprint density at radius 1 is 1.53 bits per heavy atom. The Bertz CT molecular complexity index is 431. The van der Waals surface area contributed by atoms with Crippen molar-refractivity contribution < 1.29 is 4.74 Å². The van der Waals surface area contributed by atoms with E-state index in [1.54, 1.807) is 7.11 Å². The zero-order valence-corrected chi connectivity index (χ0v) is 10.4. The van der Waals surface area contributed by atoms with Crippen LogP contribution >= 0.6 is 0 Å². The van der Waals surface area contributed by atoms with E-state index in [9.17, 15) is 0 Å². The van der Waals surface area contributed by atoms with E-state index in [1.807, 2.05) is 12.1 Å². The minimum Gasteiger partial charge on any atom is -0.384 e. The molecule has 1 fully saturated rings. The third-order valence-corrected chi connectivity index (χ3v) is 3.32. The van der Waals surface area contributed by atoms with Crippen LogP contribution in [0, 0.1) is 12.3 Å². The van der Waals surface area contributed by atoms with Gasteiger partial charge in [-0.1, -0.05) is 12.1 Å². The molecule has 17 heavy (non-hydrogen) atoms. The molecule has 0 aromatic heterocycles. The van der Waals surface area contributed by atoms with Crippen LogP contribution in [0.3, 0.4) is 0 Å². The summed E-state index contributed by atoms with van der Waals surface area (Å²) in [6.07, 6.45) is 1.32. The molecule has 1 aromatic carbocycles. The minimum atomic E-state index is 0.129. The number of nitrogens with two attached hydrogens (primary N) is 1. The molecule has 0 saturated carbocycles. The van der Waals surface area contributed by atoms with E-state index in [0.29, 0.717) is 0 Å². The first-order valence-corrected chi connectivity index (χ1v) is 5.85. The normalized spacial score (nSPS) is 19.6. The summed E-state index contributed by atoms with van der Waals surface area (Å²) >= 11 is 0. The van der Waals surface area contributed by atoms with Crippen LogP contribution in [0.25, 0.3) is 0 Å². The lowest BCUT2D eigenvalue weighted by Crippen LogP contribution is -2.26. The molecule has 0 spiro atoms. The van der Waals surface area contributed by atoms with E-state index in [4.69, 9.17) is 15.9 Å². The molecule has 0 radical (unpaired) electrons. The van der Waals surface area contributed by atoms with Gasteiger partial charge in [0, 0.05) is 25.8 Å². The fourth-order valence-corrected chi connectivity index (χ4v) is 2.42. The quantitative estimate of drug-likeness (QED) is 0.614. The molecule has 3 N–H and O–H groups in total. The van der Waals surface area contributed by atoms with Crippen LogP contribution in [0.15, 0.2) is 18.2 Å². The summed E-state index contributed by atoms with van der Waals surface area (Å²) in [7, 11) is 1.75. The average Bonchev–Trinajstić information content (AvgIpc) is 2.76. The molecule has 2 rings (SSSR count). The second kappa shape index (κ2) is 4.75. The molecule has 0 aliphatic carbocycles. The van der Waals surface area contributed by atoms with Crippen LogP contribution in [0.2, 0.25) is 0 Å². The van der Waals surface area contributed by atoms with Crippen molar-refractivity contribution in [2.45, 2.75) is 19.4 Å². The maximum Gasteiger partial charge on any atom is 0.124 e. The van der Waals surface area contributed by atoms with Gasteiger partial charge in [0.2, 0.25) is 0 Å². The predicted octanol–water partition coefficient (Wildman–Crippen LogP) is 1.50. The van der Waals surface area contributed by atoms with Crippen LogP contribution in [-0.2, 0) is 4.74 Å². The Morgan fingerprint density at radius 2 is 2.29 bits per heavy atom. The van der Waals surface area contributed by atoms with Gasteiger partial charge in [-0.2, -0.15) is 0 Å². The molecule has 1 aromatic rings. The van der Waals surface area contributed by atoms with Crippen LogP contribution < -0.4 is 10.6 Å². The second-order valence-electron chi connectivity index (χ2n) is 4.48. The van der Waals surface area contributed by atoms with E-state index < -0.39 is 0 Å². The smallest absolute Gasteiger partial charge is 0.124 e. The molecule has 4 nitrogen and oxygen atoms in total. The van der Waals surface area contributed by atoms with E-state index >= 15 is 0 Å². The topological polar surface area (TPSA) is 62.3 Å². The molecule has 92 valence electrons. The number of nitrogens with one attached hydrogen (secondary N) is 1. The van der Waals surface area contributed by atoms with Crippen LogP contribution in [-0.4, -0.2) is 32.1 Å². The van der Waals surface area contributed by atoms with Crippen molar-refractivity contribution in [2.24, 2.45) is 5.73 Å². The van der Waals surface area contributed by atoms with Crippen molar-refractivity contribution in [2.75, 3.05) is 25.1 Å². The molecule has 1 atom stereocenters. The number of anilines is 1. The van der Waals surface area contributed by atoms with Gasteiger partial charge in [-0.05, 0) is 25.0 Å². The van der Waals surface area contributed by atoms with Gasteiger partial charge < -0.3 is 15.4 Å². The van der Waals surface area contributed by atoms with E-state index in [1.165, 1.54) is 0 Å². The molecule has 0 amide bonds. The number of hydrogen-bond donors (Lipinski definition) is 2. The number of benzene rings is 1. The summed E-state index contributed by atoms with van der Waals surface area (Å²) in [6, 6.07) is 5.91. The standard InChI is InChI=1S/C13H19N3O/c1-9-4-3-5-11(13(14)15)12(9)16-7-6-10(8-16)17-2/h3-5,10H,6-8H2,1-2H3,(H3,14,15). The highest BCUT2D eigenvalue weighted by molar-refractivity contribution is 6.01. The molecular weight excluding hydrogens is 214 g/mol. The molecule has 1 heterocycles. The zero-order valence-electron chi connectivity index (χ0n) is 10.4. The average molecular weight is 233 g/mol. The molecular formula is C13H19N3O. The Labute approximate surface area is 102 Å². The first-order chi connectivity index (χ1) is 8.13. The Hall–Kier alpha value is -1.55. The molecule has 1 saturated heterocycles. The fraction of sp³-hybridized carbons (Fsp3) is 0.462. The lowest BCUT2D eigenvalue weighted by Gasteiger charge is -2.23. The number of ether oxygens (including phenoxy) is 1. The number of rotatable bonds is 3. The largest absolute Gasteiger partial charge is 0.384 e. The van der Waals surface area contributed by atoms with E-state index in [2.05, 4.69) is 17.9 Å². The fourth-order valence-electron chi connectivity index (χ4n) is 2.42. The van der Waals surface area contributed by atoms with Gasteiger partial charge in [0.05, 0.1) is 11.8 Å². The van der Waals surface area contributed by atoms with Gasteiger partial charge in [0.25, 0.3) is 0 Å². The predicted molar refractivity (Wildman–Crippen MR) is 69.8 cm³/mol. The number of amidine groups is 1. The van der Waals surface area contributed by atoms with Crippen molar-refractivity contribution in [3.05, 3.63) is 29.3 Å². The number of methoxy groups -OCH3 is 1. The highest BCUT2D eigenvalue weighted by Crippen LogP contribution is 2.28. The monoisotopic (exact) mass is 233 g/mol. The van der Waals surface area contributed by atoms with Crippen molar-refractivity contribution in [1.82, 2.24) is 0 Å². The highest BCUT2D eigenvalue weighted by Gasteiger charge is 2.25. The Kier molecular flexibility index (Phi) is 3.33. The van der Waals surface area contributed by atoms with Crippen LogP contribution in [0.5, 0.6) is 0 Å². The molecule has 1 unspecified atom stereocenters. The molecule has 4 heteroatoms. The Balaban J connectivity index is 2.34. The summed E-state index contributed by atoms with van der Waals surface area (Å²) in [5.41, 5.74) is 8.71. The van der Waals surface area contributed by atoms with Gasteiger partial charge in [0.1, 0.15) is 5.84 Å². The maximum atomic E-state index is 7.65. The number of para-hydroxylation sites is 1. The number of hydrogen-bond acceptors (Lipinski definition) is 3. The van der Waals surface area contributed by atoms with Gasteiger partial charge in [-0.15, -0.1) is 0 Å². The third-order valence-electron chi connectivity index (χ3n) is 3.32. The highest BCUT2D eigenvalue weighted by atomic mass is 16.5. The molecule has 1 aliphatic heterocycles. The van der Waals surface area contributed by atoms with Crippen molar-refractivity contribution in [3.8, 4) is 0 Å². The van der Waals surface area contributed by atoms with Crippen molar-refractivity contribution in [3.63, 3.8) is 0 Å². The van der Waals surface area contributed by atoms with Gasteiger partial charge in [-0.25, -0.2) is 0 Å². The lowest BCUT2D eigenvalue weighted by molar-refractivity contribution is 0.121. The first-order valence-electron chi connectivity index (χ1n) is 5.85. The summed E-state index contributed by atoms with van der Waals surface area (Å²) in [5.74, 6) is 0.129. The number of aryl methyl sites for hydroxylation is 1. The van der Waals surface area contributed by atoms with Crippen LogP contribution in [0.4, 0.5) is 5.69 Å². The minimum absolute atomic E-state index is 0.129. The lowest BCUT2D eigenvalue weighted by atomic mass is 10.1. The molecule has 1 aliphatic rings. The van der Waals surface area contributed by atoms with E-state index in [0.717, 1.165) is 36.3 Å². The third kappa shape index (κ3) is 2.26. The molecule has 0 bridgehead atoms. The maximum absolute atomic E-state index is 7.65. The summed E-state index contributed by atoms with van der Waals surface area (Å²) in [6.45, 7) is 3.90. The van der Waals surface area contributed by atoms with Gasteiger partial charge in [0.15, 0.2) is 0 Å². The summed E-state index contributed by atoms with van der Waals surface area (Å²) < 4.78 is 5.38. The van der Waals surface area contributed by atoms with Gasteiger partial charge >= 0.3 is 0 Å². The van der Waals surface area contributed by atoms with Crippen LogP contribution in [0.1, 0.15) is 17.5 Å². The second-order valence-corrected chi connectivity index (χ2v) is 4.48. The summed E-state index contributed by atoms with van der Waals surface area (Å²) in [4.78, 5) is 2.26. The Morgan fingerprint density at radius 3 is 2.88 bits per heavy atom. The zero-order chi connectivity index (χ0) is 12.4. The SMILES string of the molecule is COC1CCN(c2c(C)cccc2C(=N)N)C1. The number of nitrogens with zero attached hydrogens (tertiary/aromatic N) is 1. The summed E-state index contributed by atoms with van der Waals surface area (Å²) in [5, 5.41) is 7.65. The van der Waals surface area contributed by atoms with Crippen molar-refractivity contribution in [1.29, 1.82) is 5.41 Å². The number of nitrogen functional groups attached to an aromatic ring is 1. The first kappa shape index (κ1) is 11.9. The van der Waals surface area contributed by atoms with Crippen molar-refractivity contribution >= 4 is 11.5 Å². The van der Waals surface area contributed by atoms with E-state index in [-0.39, 0.29) is 11.9 Å².